The van der Waals surface area contributed by atoms with E-state index in [0.717, 1.165) is 12.1 Å². The molecule has 0 spiro atoms. The maximum absolute atomic E-state index is 12.8. The van der Waals surface area contributed by atoms with Crippen LogP contribution in [0.5, 0.6) is 0 Å². The van der Waals surface area contributed by atoms with Gasteiger partial charge in [-0.3, -0.25) is 4.79 Å². The molecule has 0 heterocycles. The fourth-order valence-electron chi connectivity index (χ4n) is 2.33. The Balaban J connectivity index is 0.00000264. The third-order valence-electron chi connectivity index (χ3n) is 3.98. The number of halogens is 1. The molecule has 2 unspecified atom stereocenters. The molecular weight excluding hydrogens is 308 g/mol. The molecule has 0 radical (unpaired) electrons. The van der Waals surface area contributed by atoms with Gasteiger partial charge in [0.1, 0.15) is 0 Å². The molecule has 1 amide bonds. The average molecular weight is 333 g/mol. The number of nitrogens with zero attached hydrogens (tertiary/aromatic N) is 1. The Morgan fingerprint density at radius 2 is 1.52 bits per heavy atom. The Labute approximate surface area is 144 Å². The van der Waals surface area contributed by atoms with E-state index in [9.17, 15) is 4.79 Å². The van der Waals surface area contributed by atoms with Gasteiger partial charge in [0.2, 0.25) is 5.91 Å². The lowest BCUT2D eigenvalue weighted by atomic mass is 10.0. The summed E-state index contributed by atoms with van der Waals surface area (Å²) in [5.74, 6) is -0.117. The van der Waals surface area contributed by atoms with Crippen LogP contribution in [-0.4, -0.2) is 18.5 Å². The van der Waals surface area contributed by atoms with Crippen molar-refractivity contribution in [2.75, 3.05) is 11.4 Å². The fraction of sp³-hybridized carbons (Fsp3) is 0.316. The van der Waals surface area contributed by atoms with Gasteiger partial charge in [0.05, 0.1) is 5.92 Å². The highest BCUT2D eigenvalue weighted by Crippen LogP contribution is 2.18. The molecule has 124 valence electrons. The minimum atomic E-state index is -0.198. The molecule has 0 aliphatic rings. The summed E-state index contributed by atoms with van der Waals surface area (Å²) < 4.78 is 0. The molecule has 0 aliphatic heterocycles. The topological polar surface area (TPSA) is 46.3 Å². The monoisotopic (exact) mass is 332 g/mol. The molecule has 0 aromatic heterocycles. The van der Waals surface area contributed by atoms with Gasteiger partial charge in [-0.15, -0.1) is 12.4 Å². The summed E-state index contributed by atoms with van der Waals surface area (Å²) in [7, 11) is 0. The van der Waals surface area contributed by atoms with Crippen molar-refractivity contribution in [3.63, 3.8) is 0 Å². The Kier molecular flexibility index (Phi) is 7.79. The minimum absolute atomic E-state index is 0. The number of para-hydroxylation sites is 1. The van der Waals surface area contributed by atoms with E-state index in [4.69, 9.17) is 5.73 Å². The van der Waals surface area contributed by atoms with E-state index in [1.165, 1.54) is 5.56 Å². The third kappa shape index (κ3) is 5.38. The molecular formula is C19H25ClN2O. The first-order valence-electron chi connectivity index (χ1n) is 7.75. The molecule has 3 nitrogen and oxygen atoms in total. The Bertz CT molecular complexity index is 587. The number of rotatable bonds is 6. The molecule has 0 saturated carbocycles. The maximum atomic E-state index is 12.8. The normalized spacial score (nSPS) is 12.8. The Hall–Kier alpha value is -1.84. The smallest absolute Gasteiger partial charge is 0.231 e. The molecule has 2 N–H and O–H groups in total. The highest BCUT2D eigenvalue weighted by Gasteiger charge is 2.24. The van der Waals surface area contributed by atoms with E-state index in [2.05, 4.69) is 12.1 Å². The number of amides is 1. The van der Waals surface area contributed by atoms with Crippen molar-refractivity contribution in [2.45, 2.75) is 26.3 Å². The van der Waals surface area contributed by atoms with Crippen LogP contribution in [0.15, 0.2) is 60.7 Å². The van der Waals surface area contributed by atoms with Crippen molar-refractivity contribution in [1.82, 2.24) is 0 Å². The first-order chi connectivity index (χ1) is 10.6. The quantitative estimate of drug-likeness (QED) is 0.877. The summed E-state index contributed by atoms with van der Waals surface area (Å²) >= 11 is 0. The molecule has 2 atom stereocenters. The second-order valence-corrected chi connectivity index (χ2v) is 5.71. The van der Waals surface area contributed by atoms with Crippen LogP contribution in [0.2, 0.25) is 0 Å². The number of hydrogen-bond acceptors (Lipinski definition) is 2. The molecule has 23 heavy (non-hydrogen) atoms. The first-order valence-corrected chi connectivity index (χ1v) is 7.75. The number of nitrogens with two attached hydrogens (primary N) is 1. The molecule has 4 heteroatoms. The number of benzene rings is 2. The van der Waals surface area contributed by atoms with E-state index >= 15 is 0 Å². The van der Waals surface area contributed by atoms with Crippen LogP contribution in [-0.2, 0) is 11.2 Å². The van der Waals surface area contributed by atoms with Gasteiger partial charge >= 0.3 is 0 Å². The van der Waals surface area contributed by atoms with Crippen LogP contribution < -0.4 is 10.6 Å². The fourth-order valence-corrected chi connectivity index (χ4v) is 2.33. The van der Waals surface area contributed by atoms with Crippen molar-refractivity contribution in [1.29, 1.82) is 0 Å². The predicted molar refractivity (Wildman–Crippen MR) is 99.0 cm³/mol. The van der Waals surface area contributed by atoms with Crippen molar-refractivity contribution in [2.24, 2.45) is 11.7 Å². The average Bonchev–Trinajstić information content (AvgIpc) is 2.56. The van der Waals surface area contributed by atoms with Crippen molar-refractivity contribution in [3.05, 3.63) is 66.2 Å². The lowest BCUT2D eigenvalue weighted by Gasteiger charge is -2.27. The molecule has 2 aromatic carbocycles. The van der Waals surface area contributed by atoms with E-state index in [1.807, 2.05) is 67.3 Å². The van der Waals surface area contributed by atoms with E-state index in [0.29, 0.717) is 6.54 Å². The summed E-state index contributed by atoms with van der Waals surface area (Å²) in [5.41, 5.74) is 8.07. The zero-order valence-corrected chi connectivity index (χ0v) is 14.5. The molecule has 0 bridgehead atoms. The molecule has 0 aliphatic carbocycles. The highest BCUT2D eigenvalue weighted by molar-refractivity contribution is 5.95. The van der Waals surface area contributed by atoms with Crippen molar-refractivity contribution < 1.29 is 4.79 Å². The van der Waals surface area contributed by atoms with Gasteiger partial charge < -0.3 is 10.6 Å². The lowest BCUT2D eigenvalue weighted by molar-refractivity contribution is -0.122. The van der Waals surface area contributed by atoms with Gasteiger partial charge in [0, 0.05) is 18.3 Å². The van der Waals surface area contributed by atoms with Crippen LogP contribution in [0.25, 0.3) is 0 Å². The van der Waals surface area contributed by atoms with Gasteiger partial charge in [-0.1, -0.05) is 55.5 Å². The largest absolute Gasteiger partial charge is 0.327 e. The minimum Gasteiger partial charge on any atom is -0.327 e. The van der Waals surface area contributed by atoms with Gasteiger partial charge in [-0.05, 0) is 31.0 Å². The van der Waals surface area contributed by atoms with Crippen LogP contribution in [0.1, 0.15) is 19.4 Å². The van der Waals surface area contributed by atoms with E-state index in [-0.39, 0.29) is 30.3 Å². The summed E-state index contributed by atoms with van der Waals surface area (Å²) in [6.07, 6.45) is 0.827. The zero-order chi connectivity index (χ0) is 15.9. The maximum Gasteiger partial charge on any atom is 0.231 e. The molecule has 0 saturated heterocycles. The number of anilines is 1. The van der Waals surface area contributed by atoms with Gasteiger partial charge in [0.15, 0.2) is 0 Å². The summed E-state index contributed by atoms with van der Waals surface area (Å²) in [6.45, 7) is 4.43. The van der Waals surface area contributed by atoms with Crippen molar-refractivity contribution in [3.8, 4) is 0 Å². The molecule has 2 rings (SSSR count). The summed E-state index contributed by atoms with van der Waals surface area (Å²) in [5, 5.41) is 0. The first kappa shape index (κ1) is 19.2. The second-order valence-electron chi connectivity index (χ2n) is 5.71. The van der Waals surface area contributed by atoms with Gasteiger partial charge in [-0.2, -0.15) is 0 Å². The van der Waals surface area contributed by atoms with Gasteiger partial charge in [0.25, 0.3) is 0 Å². The van der Waals surface area contributed by atoms with E-state index in [1.54, 1.807) is 0 Å². The van der Waals surface area contributed by atoms with Crippen LogP contribution in [0.4, 0.5) is 5.69 Å². The molecule has 0 fully saturated rings. The second kappa shape index (κ2) is 9.33. The van der Waals surface area contributed by atoms with Gasteiger partial charge in [-0.25, -0.2) is 0 Å². The summed E-state index contributed by atoms with van der Waals surface area (Å²) in [4.78, 5) is 14.6. The highest BCUT2D eigenvalue weighted by atomic mass is 35.5. The molecule has 2 aromatic rings. The standard InChI is InChI=1S/C19H24N2O.ClH/c1-15(16(2)20)19(22)21(18-11-7-4-8-12-18)14-13-17-9-5-3-6-10-17;/h3-12,15-16H,13-14,20H2,1-2H3;1H. The predicted octanol–water partition coefficient (Wildman–Crippen LogP) is 3.67. The third-order valence-corrected chi connectivity index (χ3v) is 3.98. The van der Waals surface area contributed by atoms with Crippen molar-refractivity contribution >= 4 is 24.0 Å². The van der Waals surface area contributed by atoms with E-state index < -0.39 is 0 Å². The van der Waals surface area contributed by atoms with Crippen LogP contribution in [0.3, 0.4) is 0 Å². The lowest BCUT2D eigenvalue weighted by Crippen LogP contribution is -2.42. The summed E-state index contributed by atoms with van der Waals surface area (Å²) in [6, 6.07) is 19.9. The Morgan fingerprint density at radius 1 is 1.00 bits per heavy atom. The SMILES string of the molecule is CC(N)C(C)C(=O)N(CCc1ccccc1)c1ccccc1.Cl. The zero-order valence-electron chi connectivity index (χ0n) is 13.7. The van der Waals surface area contributed by atoms with Crippen LogP contribution >= 0.6 is 12.4 Å². The number of carbonyl (C=O) groups is 1. The number of hydrogen-bond donors (Lipinski definition) is 1. The van der Waals surface area contributed by atoms with Crippen LogP contribution in [0, 0.1) is 5.92 Å². The Morgan fingerprint density at radius 3 is 2.04 bits per heavy atom. The number of carbonyl (C=O) groups excluding carboxylic acids is 1.